The van der Waals surface area contributed by atoms with Crippen molar-refractivity contribution in [3.8, 4) is 23.0 Å². The summed E-state index contributed by atoms with van der Waals surface area (Å²) in [4.78, 5) is 24.8. The molecule has 156 valence electrons. The molecule has 0 saturated carbocycles. The number of amides is 1. The van der Waals surface area contributed by atoms with Gasteiger partial charge < -0.3 is 20.0 Å². The summed E-state index contributed by atoms with van der Waals surface area (Å²) in [6.07, 6.45) is 4.33. The molecule has 0 saturated heterocycles. The van der Waals surface area contributed by atoms with Crippen LogP contribution in [0, 0.1) is 0 Å². The predicted molar refractivity (Wildman–Crippen MR) is 115 cm³/mol. The molecule has 1 aliphatic heterocycles. The second-order valence-electron chi connectivity index (χ2n) is 7.32. The molecule has 1 amide bonds. The number of hydrogen-bond acceptors (Lipinski definition) is 8. The second-order valence-corrected chi connectivity index (χ2v) is 7.32. The van der Waals surface area contributed by atoms with E-state index >= 15 is 0 Å². The van der Waals surface area contributed by atoms with Crippen LogP contribution in [0.25, 0.3) is 28.6 Å². The molecule has 0 fully saturated rings. The Bertz CT molecular complexity index is 1080. The molecule has 3 aromatic rings. The number of benzene rings is 1. The van der Waals surface area contributed by atoms with Gasteiger partial charge in [-0.05, 0) is 38.2 Å². The fourth-order valence-electron chi connectivity index (χ4n) is 3.23. The maximum absolute atomic E-state index is 12.2. The normalized spacial score (nSPS) is 14.1. The molecule has 9 nitrogen and oxygen atoms in total. The minimum Gasteiger partial charge on any atom is -0.414 e. The molecule has 1 aromatic carbocycles. The number of nitrogens with zero attached hydrogens (tertiary/aromatic N) is 6. The van der Waals surface area contributed by atoms with Crippen LogP contribution in [0.2, 0.25) is 0 Å². The van der Waals surface area contributed by atoms with Crippen molar-refractivity contribution < 1.29 is 10.6 Å². The van der Waals surface area contributed by atoms with Crippen molar-refractivity contribution in [3.63, 3.8) is 0 Å². The quantitative estimate of drug-likeness (QED) is 0.685. The highest BCUT2D eigenvalue weighted by Crippen LogP contribution is 2.28. The van der Waals surface area contributed by atoms with Crippen molar-refractivity contribution in [2.45, 2.75) is 6.42 Å². The van der Waals surface area contributed by atoms with Gasteiger partial charge in [-0.2, -0.15) is 0 Å². The lowest BCUT2D eigenvalue weighted by atomic mass is 10.0. The zero-order valence-corrected chi connectivity index (χ0v) is 16.9. The minimum atomic E-state index is 0. The molecule has 1 aliphatic rings. The monoisotopic (exact) mass is 407 g/mol. The standard InChI is InChI=1S/C21H23N7O2.H2/c1-27(2)13-17(29)28-10-8-14(9-11-28)16-12-23-19(22)18(24-16)21-26-25-20(30-21)15-6-4-3-5-7-15;/h3-8,12H,9-11,13H2,1-2H3,(H2,22,23);1H. The first-order valence-corrected chi connectivity index (χ1v) is 9.65. The van der Waals surface area contributed by atoms with Gasteiger partial charge in [0.25, 0.3) is 5.89 Å². The minimum absolute atomic E-state index is 0. The van der Waals surface area contributed by atoms with Gasteiger partial charge in [0.2, 0.25) is 11.8 Å². The van der Waals surface area contributed by atoms with Crippen LogP contribution in [-0.4, -0.2) is 69.6 Å². The van der Waals surface area contributed by atoms with E-state index in [0.717, 1.165) is 11.1 Å². The molecule has 0 unspecified atom stereocenters. The molecule has 0 bridgehead atoms. The third-order valence-corrected chi connectivity index (χ3v) is 4.79. The predicted octanol–water partition coefficient (Wildman–Crippen LogP) is 2.20. The topological polar surface area (TPSA) is 114 Å². The first kappa shape index (κ1) is 19.7. The molecule has 2 aromatic heterocycles. The van der Waals surface area contributed by atoms with Gasteiger partial charge in [-0.3, -0.25) is 4.79 Å². The number of carbonyl (C=O) groups is 1. The van der Waals surface area contributed by atoms with Crippen molar-refractivity contribution in [2.75, 3.05) is 39.5 Å². The number of aromatic nitrogens is 4. The van der Waals surface area contributed by atoms with Crippen LogP contribution in [0.15, 0.2) is 47.0 Å². The highest BCUT2D eigenvalue weighted by atomic mass is 16.4. The molecule has 0 atom stereocenters. The SMILES string of the molecule is CN(C)CC(=O)N1CC=C(c2cnc(N)c(-c3nnc(-c4ccccc4)o3)n2)CC1.[HH]. The van der Waals surface area contributed by atoms with Crippen LogP contribution < -0.4 is 5.73 Å². The van der Waals surface area contributed by atoms with Crippen molar-refractivity contribution in [1.29, 1.82) is 0 Å². The average molecular weight is 407 g/mol. The highest BCUT2D eigenvalue weighted by molar-refractivity contribution is 5.80. The first-order chi connectivity index (χ1) is 14.5. The lowest BCUT2D eigenvalue weighted by Crippen LogP contribution is -2.40. The van der Waals surface area contributed by atoms with Crippen LogP contribution in [0.3, 0.4) is 0 Å². The van der Waals surface area contributed by atoms with Crippen molar-refractivity contribution in [3.05, 3.63) is 48.3 Å². The Hall–Kier alpha value is -3.59. The van der Waals surface area contributed by atoms with Crippen LogP contribution in [-0.2, 0) is 4.79 Å². The summed E-state index contributed by atoms with van der Waals surface area (Å²) >= 11 is 0. The van der Waals surface area contributed by atoms with E-state index in [9.17, 15) is 4.79 Å². The number of nitrogens with two attached hydrogens (primary N) is 1. The molecule has 0 aliphatic carbocycles. The Morgan fingerprint density at radius 2 is 2.00 bits per heavy atom. The zero-order valence-electron chi connectivity index (χ0n) is 16.9. The maximum Gasteiger partial charge on any atom is 0.270 e. The van der Waals surface area contributed by atoms with Gasteiger partial charge in [-0.15, -0.1) is 10.2 Å². The number of hydrogen-bond donors (Lipinski definition) is 1. The third-order valence-electron chi connectivity index (χ3n) is 4.79. The van der Waals surface area contributed by atoms with E-state index in [1.807, 2.05) is 60.3 Å². The van der Waals surface area contributed by atoms with Gasteiger partial charge in [-0.1, -0.05) is 24.3 Å². The second kappa shape index (κ2) is 8.42. The Labute approximate surface area is 175 Å². The molecular formula is C21H25N7O2. The molecule has 4 rings (SSSR count). The van der Waals surface area contributed by atoms with Crippen LogP contribution in [0.5, 0.6) is 0 Å². The van der Waals surface area contributed by atoms with Gasteiger partial charge in [0.1, 0.15) is 0 Å². The Balaban J connectivity index is 0.00000272. The molecule has 0 spiro atoms. The summed E-state index contributed by atoms with van der Waals surface area (Å²) in [6, 6.07) is 9.49. The van der Waals surface area contributed by atoms with Gasteiger partial charge in [0.05, 0.1) is 18.4 Å². The van der Waals surface area contributed by atoms with Crippen LogP contribution in [0.4, 0.5) is 5.82 Å². The summed E-state index contributed by atoms with van der Waals surface area (Å²) in [5, 5.41) is 8.19. The zero-order chi connectivity index (χ0) is 21.1. The maximum atomic E-state index is 12.2. The largest absolute Gasteiger partial charge is 0.414 e. The summed E-state index contributed by atoms with van der Waals surface area (Å²) in [5.74, 6) is 0.948. The number of nitrogen functional groups attached to an aromatic ring is 1. The van der Waals surface area contributed by atoms with E-state index in [-0.39, 0.29) is 19.0 Å². The molecule has 2 N–H and O–H groups in total. The molecule has 3 heterocycles. The van der Waals surface area contributed by atoms with E-state index in [1.165, 1.54) is 0 Å². The van der Waals surface area contributed by atoms with Crippen molar-refractivity contribution in [2.24, 2.45) is 0 Å². The molecule has 0 radical (unpaired) electrons. The Morgan fingerprint density at radius 3 is 2.70 bits per heavy atom. The van der Waals surface area contributed by atoms with E-state index in [4.69, 9.17) is 10.2 Å². The lowest BCUT2D eigenvalue weighted by molar-refractivity contribution is -0.131. The van der Waals surface area contributed by atoms with Gasteiger partial charge >= 0.3 is 0 Å². The number of carbonyl (C=O) groups excluding carboxylic acids is 1. The smallest absolute Gasteiger partial charge is 0.270 e. The number of likely N-dealkylation sites (N-methyl/N-ethyl adjacent to an activating group) is 1. The van der Waals surface area contributed by atoms with Crippen molar-refractivity contribution in [1.82, 2.24) is 30.0 Å². The number of rotatable bonds is 5. The number of anilines is 1. The molecule has 30 heavy (non-hydrogen) atoms. The molecular weight excluding hydrogens is 382 g/mol. The third kappa shape index (κ3) is 4.20. The lowest BCUT2D eigenvalue weighted by Gasteiger charge is -2.27. The summed E-state index contributed by atoms with van der Waals surface area (Å²) in [6.45, 7) is 1.58. The highest BCUT2D eigenvalue weighted by Gasteiger charge is 2.21. The summed E-state index contributed by atoms with van der Waals surface area (Å²) in [7, 11) is 3.77. The van der Waals surface area contributed by atoms with Gasteiger partial charge in [0.15, 0.2) is 11.5 Å². The van der Waals surface area contributed by atoms with Gasteiger partial charge in [-0.25, -0.2) is 9.97 Å². The Morgan fingerprint density at radius 1 is 1.23 bits per heavy atom. The van der Waals surface area contributed by atoms with E-state index in [0.29, 0.717) is 43.3 Å². The fraction of sp³-hybridized carbons (Fsp3) is 0.286. The summed E-state index contributed by atoms with van der Waals surface area (Å²) in [5.41, 5.74) is 8.91. The first-order valence-electron chi connectivity index (χ1n) is 9.65. The molecule has 9 heteroatoms. The fourth-order valence-corrected chi connectivity index (χ4v) is 3.23. The Kier molecular flexibility index (Phi) is 5.53. The van der Waals surface area contributed by atoms with Gasteiger partial charge in [0, 0.05) is 20.1 Å². The summed E-state index contributed by atoms with van der Waals surface area (Å²) < 4.78 is 5.78. The van der Waals surface area contributed by atoms with E-state index in [2.05, 4.69) is 20.2 Å². The van der Waals surface area contributed by atoms with Crippen LogP contribution in [0.1, 0.15) is 13.5 Å². The van der Waals surface area contributed by atoms with E-state index in [1.54, 1.807) is 6.20 Å². The average Bonchev–Trinajstić information content (AvgIpc) is 3.24. The van der Waals surface area contributed by atoms with Crippen LogP contribution >= 0.6 is 0 Å². The van der Waals surface area contributed by atoms with E-state index < -0.39 is 0 Å². The van der Waals surface area contributed by atoms with Crippen molar-refractivity contribution >= 4 is 17.3 Å².